The van der Waals surface area contributed by atoms with Crippen LogP contribution in [0.25, 0.3) is 0 Å². The van der Waals surface area contributed by atoms with E-state index in [0.717, 1.165) is 54.1 Å². The molecular formula is C34H41NO9. The number of carbonyl (C=O) groups is 1. The minimum atomic E-state index is -0.407. The van der Waals surface area contributed by atoms with Crippen LogP contribution in [0.15, 0.2) is 42.5 Å². The fraction of sp³-hybridized carbons (Fsp3) is 0.441. The molecule has 1 saturated heterocycles. The van der Waals surface area contributed by atoms with Gasteiger partial charge in [0.2, 0.25) is 5.75 Å². The summed E-state index contributed by atoms with van der Waals surface area (Å²) in [5.74, 6) is 2.91. The van der Waals surface area contributed by atoms with E-state index in [1.54, 1.807) is 42.7 Å². The average Bonchev–Trinajstić information content (AvgIpc) is 3.07. The Bertz CT molecular complexity index is 1430. The number of nitrogens with zero attached hydrogens (tertiary/aromatic N) is 1. The number of carbonyl (C=O) groups excluding carboxylic acids is 1. The minimum absolute atomic E-state index is 0.106. The Labute approximate surface area is 258 Å². The maximum Gasteiger partial charge on any atom is 0.312 e. The third kappa shape index (κ3) is 6.23. The normalized spacial score (nSPS) is 17.2. The van der Waals surface area contributed by atoms with Gasteiger partial charge in [0.25, 0.3) is 0 Å². The Morgan fingerprint density at radius 3 is 2.00 bits per heavy atom. The topological polar surface area (TPSA) is 94.2 Å². The van der Waals surface area contributed by atoms with Crippen LogP contribution in [0.1, 0.15) is 46.9 Å². The lowest BCUT2D eigenvalue weighted by Gasteiger charge is -2.33. The highest BCUT2D eigenvalue weighted by atomic mass is 16.5. The quantitative estimate of drug-likeness (QED) is 0.206. The highest BCUT2D eigenvalue weighted by Gasteiger charge is 2.38. The third-order valence-corrected chi connectivity index (χ3v) is 8.45. The molecule has 1 fully saturated rings. The van der Waals surface area contributed by atoms with Crippen molar-refractivity contribution in [2.75, 3.05) is 75.5 Å². The first-order chi connectivity index (χ1) is 21.5. The van der Waals surface area contributed by atoms with Crippen molar-refractivity contribution in [3.63, 3.8) is 0 Å². The first kappa shape index (κ1) is 31.3. The van der Waals surface area contributed by atoms with Crippen LogP contribution in [-0.4, -0.2) is 86.4 Å². The summed E-state index contributed by atoms with van der Waals surface area (Å²) < 4.78 is 45.9. The lowest BCUT2D eigenvalue weighted by molar-refractivity contribution is -0.135. The molecule has 2 aliphatic heterocycles. The Morgan fingerprint density at radius 1 is 0.795 bits per heavy atom. The van der Waals surface area contributed by atoms with Crippen LogP contribution in [-0.2, 0) is 9.53 Å². The molecule has 0 spiro atoms. The Morgan fingerprint density at radius 2 is 1.43 bits per heavy atom. The molecule has 2 aliphatic rings. The lowest BCUT2D eigenvalue weighted by Crippen LogP contribution is -2.37. The molecule has 2 heterocycles. The van der Waals surface area contributed by atoms with Gasteiger partial charge in [-0.1, -0.05) is 12.1 Å². The van der Waals surface area contributed by atoms with Crippen LogP contribution in [0.5, 0.6) is 40.2 Å². The number of methoxy groups -OCH3 is 6. The van der Waals surface area contributed by atoms with Crippen LogP contribution >= 0.6 is 0 Å². The van der Waals surface area contributed by atoms with Gasteiger partial charge in [0, 0.05) is 42.1 Å². The second kappa shape index (κ2) is 14.1. The molecule has 3 aromatic rings. The summed E-state index contributed by atoms with van der Waals surface area (Å²) in [6.45, 7) is 3.98. The maximum atomic E-state index is 13.4. The van der Waals surface area contributed by atoms with Gasteiger partial charge in [0.1, 0.15) is 23.0 Å². The first-order valence-electron chi connectivity index (χ1n) is 14.7. The number of ether oxygens (including phenoxy) is 8. The summed E-state index contributed by atoms with van der Waals surface area (Å²) >= 11 is 0. The maximum absolute atomic E-state index is 13.4. The van der Waals surface area contributed by atoms with Gasteiger partial charge in [-0.15, -0.1) is 0 Å². The van der Waals surface area contributed by atoms with Crippen molar-refractivity contribution < 1.29 is 42.7 Å². The number of esters is 1. The summed E-state index contributed by atoms with van der Waals surface area (Å²) in [6.07, 6.45) is 0.864. The highest BCUT2D eigenvalue weighted by Crippen LogP contribution is 2.54. The van der Waals surface area contributed by atoms with Crippen LogP contribution in [0, 0.1) is 0 Å². The fourth-order valence-corrected chi connectivity index (χ4v) is 6.21. The minimum Gasteiger partial charge on any atom is -0.497 e. The zero-order chi connectivity index (χ0) is 31.2. The number of hydrogen-bond acceptors (Lipinski definition) is 10. The monoisotopic (exact) mass is 607 g/mol. The zero-order valence-electron chi connectivity index (χ0n) is 26.3. The molecule has 5 rings (SSSR count). The standard InChI is InChI=1S/C34H41NO9/c1-37-23-9-7-21(8-10-23)24(11-12-35-13-15-43-16-14-35)31-26(38-2)20-27(39-3)32-25(19-30(36)44-34(31)32)22-17-28(40-4)33(42-6)29(18-22)41-5/h7-10,17-18,20,24-25H,11-16,19H2,1-6H3/t24-,25-/m1/s1. The number of hydrogen-bond donors (Lipinski definition) is 0. The van der Waals surface area contributed by atoms with Crippen molar-refractivity contribution in [1.29, 1.82) is 0 Å². The van der Waals surface area contributed by atoms with Crippen molar-refractivity contribution in [2.45, 2.75) is 24.7 Å². The van der Waals surface area contributed by atoms with Crippen molar-refractivity contribution in [2.24, 2.45) is 0 Å². The summed E-state index contributed by atoms with van der Waals surface area (Å²) in [5, 5.41) is 0. The molecule has 3 aromatic carbocycles. The van der Waals surface area contributed by atoms with E-state index in [2.05, 4.69) is 17.0 Å². The van der Waals surface area contributed by atoms with Gasteiger partial charge in [-0.2, -0.15) is 0 Å². The molecule has 2 atom stereocenters. The number of rotatable bonds is 12. The molecule has 0 radical (unpaired) electrons. The summed E-state index contributed by atoms with van der Waals surface area (Å²) in [7, 11) is 9.58. The second-order valence-corrected chi connectivity index (χ2v) is 10.7. The Balaban J connectivity index is 1.70. The van der Waals surface area contributed by atoms with Gasteiger partial charge in [-0.25, -0.2) is 0 Å². The Kier molecular flexibility index (Phi) is 10.0. The van der Waals surface area contributed by atoms with E-state index in [1.165, 1.54) is 0 Å². The smallest absolute Gasteiger partial charge is 0.312 e. The van der Waals surface area contributed by atoms with Crippen molar-refractivity contribution in [3.8, 4) is 40.2 Å². The molecule has 0 aliphatic carbocycles. The molecular weight excluding hydrogens is 566 g/mol. The molecule has 0 aromatic heterocycles. The van der Waals surface area contributed by atoms with Crippen LogP contribution in [0.2, 0.25) is 0 Å². The molecule has 0 N–H and O–H groups in total. The zero-order valence-corrected chi connectivity index (χ0v) is 26.3. The van der Waals surface area contributed by atoms with Crippen molar-refractivity contribution in [1.82, 2.24) is 4.90 Å². The molecule has 0 unspecified atom stereocenters. The number of benzene rings is 3. The van der Waals surface area contributed by atoms with Gasteiger partial charge in [0.15, 0.2) is 11.5 Å². The van der Waals surface area contributed by atoms with Gasteiger partial charge >= 0.3 is 5.97 Å². The summed E-state index contributed by atoms with van der Waals surface area (Å²) in [6, 6.07) is 13.6. The molecule has 10 heteroatoms. The van der Waals surface area contributed by atoms with Crippen molar-refractivity contribution in [3.05, 3.63) is 64.7 Å². The molecule has 236 valence electrons. The second-order valence-electron chi connectivity index (χ2n) is 10.7. The predicted octanol–water partition coefficient (Wildman–Crippen LogP) is 5.03. The molecule has 0 bridgehead atoms. The molecule has 0 saturated carbocycles. The molecule has 10 nitrogen and oxygen atoms in total. The predicted molar refractivity (Wildman–Crippen MR) is 164 cm³/mol. The van der Waals surface area contributed by atoms with Crippen LogP contribution in [0.4, 0.5) is 0 Å². The lowest BCUT2D eigenvalue weighted by atomic mass is 9.80. The van der Waals surface area contributed by atoms with Crippen molar-refractivity contribution >= 4 is 5.97 Å². The van der Waals surface area contributed by atoms with E-state index in [9.17, 15) is 4.79 Å². The number of fused-ring (bicyclic) bond motifs is 1. The van der Waals surface area contributed by atoms with Gasteiger partial charge < -0.3 is 37.9 Å². The SMILES string of the molecule is COc1ccc([C@@H](CCN2CCOCC2)c2c(OC)cc(OC)c3c2OC(=O)C[C@@H]3c2cc(OC)c(OC)c(OC)c2)cc1. The van der Waals surface area contributed by atoms with Crippen LogP contribution in [0.3, 0.4) is 0 Å². The third-order valence-electron chi connectivity index (χ3n) is 8.45. The van der Waals surface area contributed by atoms with E-state index in [4.69, 9.17) is 37.9 Å². The molecule has 0 amide bonds. The van der Waals surface area contributed by atoms with Crippen LogP contribution < -0.4 is 33.2 Å². The highest BCUT2D eigenvalue weighted by molar-refractivity contribution is 5.81. The Hall–Kier alpha value is -4.15. The van der Waals surface area contributed by atoms with E-state index in [0.29, 0.717) is 47.7 Å². The average molecular weight is 608 g/mol. The van der Waals surface area contributed by atoms with E-state index in [1.807, 2.05) is 30.3 Å². The largest absolute Gasteiger partial charge is 0.497 e. The first-order valence-corrected chi connectivity index (χ1v) is 14.7. The van der Waals surface area contributed by atoms with E-state index in [-0.39, 0.29) is 18.3 Å². The summed E-state index contributed by atoms with van der Waals surface area (Å²) in [5.41, 5.74) is 3.42. The fourth-order valence-electron chi connectivity index (χ4n) is 6.21. The van der Waals surface area contributed by atoms with Gasteiger partial charge in [0.05, 0.1) is 62.3 Å². The van der Waals surface area contributed by atoms with Gasteiger partial charge in [-0.3, -0.25) is 9.69 Å². The number of morpholine rings is 1. The van der Waals surface area contributed by atoms with Gasteiger partial charge in [-0.05, 0) is 48.4 Å². The van der Waals surface area contributed by atoms with E-state index < -0.39 is 5.92 Å². The van der Waals surface area contributed by atoms with E-state index >= 15 is 0 Å². The summed E-state index contributed by atoms with van der Waals surface area (Å²) in [4.78, 5) is 15.8. The molecule has 44 heavy (non-hydrogen) atoms.